The number of nitrogens with zero attached hydrogens (tertiary/aromatic N) is 1. The molecule has 4 rings (SSSR count). The molecule has 0 aromatic heterocycles. The smallest absolute Gasteiger partial charge is 0.256 e. The maximum atomic E-state index is 12.9. The Morgan fingerprint density at radius 2 is 1.75 bits per heavy atom. The number of rotatable bonds is 6. The number of ether oxygens (including phenoxy) is 1. The summed E-state index contributed by atoms with van der Waals surface area (Å²) in [6, 6.07) is 20.5. The van der Waals surface area contributed by atoms with E-state index >= 15 is 0 Å². The zero-order valence-corrected chi connectivity index (χ0v) is 15.7. The van der Waals surface area contributed by atoms with Gasteiger partial charge in [-0.25, -0.2) is 4.90 Å². The van der Waals surface area contributed by atoms with Crippen molar-refractivity contribution in [1.82, 2.24) is 0 Å². The average molecular weight is 374 g/mol. The van der Waals surface area contributed by atoms with E-state index in [0.717, 1.165) is 28.6 Å². The van der Waals surface area contributed by atoms with Crippen LogP contribution in [0.4, 0.5) is 11.4 Å². The number of carbonyl (C=O) groups is 2. The zero-order valence-electron chi connectivity index (χ0n) is 15.7. The molecule has 0 radical (unpaired) electrons. The summed E-state index contributed by atoms with van der Waals surface area (Å²) < 4.78 is 5.56. The molecule has 28 heavy (non-hydrogen) atoms. The van der Waals surface area contributed by atoms with Crippen molar-refractivity contribution in [2.45, 2.75) is 25.8 Å². The summed E-state index contributed by atoms with van der Waals surface area (Å²) in [5.74, 6) is 0.293. The summed E-state index contributed by atoms with van der Waals surface area (Å²) in [4.78, 5) is 26.6. The Labute approximate surface area is 163 Å². The first-order chi connectivity index (χ1) is 13.7. The third-order valence-electron chi connectivity index (χ3n) is 4.80. The lowest BCUT2D eigenvalue weighted by atomic mass is 10.1. The molecule has 0 spiro atoms. The molecule has 1 saturated heterocycles. The molecule has 1 fully saturated rings. The SMILES string of the molecule is CCCOc1ccc(N2C(=O)C[C@@H](Nc3ccc4ccccc4c3)C2=O)cc1. The highest BCUT2D eigenvalue weighted by Gasteiger charge is 2.39. The summed E-state index contributed by atoms with van der Waals surface area (Å²) >= 11 is 0. The van der Waals surface area contributed by atoms with E-state index in [4.69, 9.17) is 4.74 Å². The Morgan fingerprint density at radius 3 is 2.50 bits per heavy atom. The Kier molecular flexibility index (Phi) is 4.98. The largest absolute Gasteiger partial charge is 0.494 e. The molecule has 3 aromatic carbocycles. The van der Waals surface area contributed by atoms with Gasteiger partial charge in [-0.1, -0.05) is 37.3 Å². The van der Waals surface area contributed by atoms with Crippen molar-refractivity contribution in [3.05, 3.63) is 66.7 Å². The zero-order chi connectivity index (χ0) is 19.5. The van der Waals surface area contributed by atoms with Gasteiger partial charge in [-0.05, 0) is 53.6 Å². The Balaban J connectivity index is 1.50. The highest BCUT2D eigenvalue weighted by atomic mass is 16.5. The van der Waals surface area contributed by atoms with Crippen molar-refractivity contribution in [3.63, 3.8) is 0 Å². The number of imide groups is 1. The van der Waals surface area contributed by atoms with E-state index in [1.807, 2.05) is 49.4 Å². The molecule has 1 heterocycles. The van der Waals surface area contributed by atoms with Crippen molar-refractivity contribution in [3.8, 4) is 5.75 Å². The van der Waals surface area contributed by atoms with Gasteiger partial charge in [0, 0.05) is 5.69 Å². The minimum Gasteiger partial charge on any atom is -0.494 e. The van der Waals surface area contributed by atoms with Gasteiger partial charge in [0.15, 0.2) is 0 Å². The molecule has 0 saturated carbocycles. The summed E-state index contributed by atoms with van der Waals surface area (Å²) in [5.41, 5.74) is 1.40. The van der Waals surface area contributed by atoms with Crippen LogP contribution in [-0.4, -0.2) is 24.5 Å². The second-order valence-electron chi connectivity index (χ2n) is 6.87. The molecule has 0 bridgehead atoms. The number of benzene rings is 3. The van der Waals surface area contributed by atoms with E-state index in [9.17, 15) is 9.59 Å². The van der Waals surface area contributed by atoms with Crippen LogP contribution in [0.15, 0.2) is 66.7 Å². The number of anilines is 2. The number of fused-ring (bicyclic) bond motifs is 1. The number of amides is 2. The van der Waals surface area contributed by atoms with Gasteiger partial charge in [-0.3, -0.25) is 9.59 Å². The first-order valence-electron chi connectivity index (χ1n) is 9.50. The highest BCUT2D eigenvalue weighted by molar-refractivity contribution is 6.23. The number of hydrogen-bond acceptors (Lipinski definition) is 4. The van der Waals surface area contributed by atoms with Crippen molar-refractivity contribution in [1.29, 1.82) is 0 Å². The minimum atomic E-state index is -0.565. The molecule has 1 atom stereocenters. The molecule has 0 unspecified atom stereocenters. The van der Waals surface area contributed by atoms with Crippen LogP contribution in [0, 0.1) is 0 Å². The lowest BCUT2D eigenvalue weighted by Gasteiger charge is -2.17. The standard InChI is InChI=1S/C23H22N2O3/c1-2-13-28-20-11-9-19(10-12-20)25-22(26)15-21(23(25)27)24-18-8-7-16-5-3-4-6-17(16)14-18/h3-12,14,21,24H,2,13,15H2,1H3/t21-/m1/s1. The topological polar surface area (TPSA) is 58.6 Å². The molecule has 1 N–H and O–H groups in total. The molecule has 5 nitrogen and oxygen atoms in total. The molecular weight excluding hydrogens is 352 g/mol. The van der Waals surface area contributed by atoms with Crippen LogP contribution in [-0.2, 0) is 9.59 Å². The Hall–Kier alpha value is -3.34. The van der Waals surface area contributed by atoms with Gasteiger partial charge in [0.2, 0.25) is 5.91 Å². The molecule has 1 aliphatic heterocycles. The molecule has 142 valence electrons. The quantitative estimate of drug-likeness (QED) is 0.651. The molecule has 3 aromatic rings. The maximum Gasteiger partial charge on any atom is 0.256 e. The fourth-order valence-corrected chi connectivity index (χ4v) is 3.41. The van der Waals surface area contributed by atoms with Crippen molar-refractivity contribution in [2.75, 3.05) is 16.8 Å². The number of carbonyl (C=O) groups excluding carboxylic acids is 2. The second kappa shape index (κ2) is 7.72. The molecule has 5 heteroatoms. The van der Waals surface area contributed by atoms with Crippen LogP contribution < -0.4 is 15.0 Å². The van der Waals surface area contributed by atoms with E-state index in [2.05, 4.69) is 5.32 Å². The fraction of sp³-hybridized carbons (Fsp3) is 0.217. The van der Waals surface area contributed by atoms with Gasteiger partial charge >= 0.3 is 0 Å². The average Bonchev–Trinajstić information content (AvgIpc) is 3.00. The van der Waals surface area contributed by atoms with E-state index in [1.165, 1.54) is 4.90 Å². The van der Waals surface area contributed by atoms with Gasteiger partial charge in [0.05, 0.1) is 18.7 Å². The Morgan fingerprint density at radius 1 is 1.00 bits per heavy atom. The number of nitrogens with one attached hydrogen (secondary N) is 1. The summed E-state index contributed by atoms with van der Waals surface area (Å²) in [7, 11) is 0. The van der Waals surface area contributed by atoms with E-state index in [-0.39, 0.29) is 18.2 Å². The fourth-order valence-electron chi connectivity index (χ4n) is 3.41. The Bertz CT molecular complexity index is 1010. The van der Waals surface area contributed by atoms with Gasteiger partial charge in [0.25, 0.3) is 5.91 Å². The van der Waals surface area contributed by atoms with Crippen molar-refractivity contribution in [2.24, 2.45) is 0 Å². The second-order valence-corrected chi connectivity index (χ2v) is 6.87. The van der Waals surface area contributed by atoms with Crippen LogP contribution in [0.5, 0.6) is 5.75 Å². The van der Waals surface area contributed by atoms with Crippen LogP contribution in [0.25, 0.3) is 10.8 Å². The molecular formula is C23H22N2O3. The van der Waals surface area contributed by atoms with Gasteiger partial charge in [-0.2, -0.15) is 0 Å². The van der Waals surface area contributed by atoms with E-state index in [1.54, 1.807) is 24.3 Å². The summed E-state index contributed by atoms with van der Waals surface area (Å²) in [5, 5.41) is 5.44. The summed E-state index contributed by atoms with van der Waals surface area (Å²) in [6.07, 6.45) is 1.06. The van der Waals surface area contributed by atoms with Crippen LogP contribution in [0.2, 0.25) is 0 Å². The minimum absolute atomic E-state index is 0.139. The van der Waals surface area contributed by atoms with Crippen LogP contribution in [0.1, 0.15) is 19.8 Å². The van der Waals surface area contributed by atoms with Gasteiger partial charge < -0.3 is 10.1 Å². The lowest BCUT2D eigenvalue weighted by Crippen LogP contribution is -2.34. The molecule has 2 amide bonds. The predicted molar refractivity (Wildman–Crippen MR) is 111 cm³/mol. The van der Waals surface area contributed by atoms with Crippen molar-refractivity contribution >= 4 is 34.0 Å². The van der Waals surface area contributed by atoms with Gasteiger partial charge in [-0.15, -0.1) is 0 Å². The third-order valence-corrected chi connectivity index (χ3v) is 4.80. The van der Waals surface area contributed by atoms with Crippen LogP contribution >= 0.6 is 0 Å². The first-order valence-corrected chi connectivity index (χ1v) is 9.50. The monoisotopic (exact) mass is 374 g/mol. The normalized spacial score (nSPS) is 16.6. The van der Waals surface area contributed by atoms with E-state index in [0.29, 0.717) is 12.3 Å². The summed E-state index contributed by atoms with van der Waals surface area (Å²) in [6.45, 7) is 2.68. The van der Waals surface area contributed by atoms with Crippen molar-refractivity contribution < 1.29 is 14.3 Å². The maximum absolute atomic E-state index is 12.9. The predicted octanol–water partition coefficient (Wildman–Crippen LogP) is 4.37. The molecule has 1 aliphatic rings. The van der Waals surface area contributed by atoms with Gasteiger partial charge in [0.1, 0.15) is 11.8 Å². The first kappa shape index (κ1) is 18.0. The van der Waals surface area contributed by atoms with Crippen LogP contribution in [0.3, 0.4) is 0 Å². The number of hydrogen-bond donors (Lipinski definition) is 1. The lowest BCUT2D eigenvalue weighted by molar-refractivity contribution is -0.121. The third kappa shape index (κ3) is 3.56. The highest BCUT2D eigenvalue weighted by Crippen LogP contribution is 2.27. The molecule has 0 aliphatic carbocycles. The van der Waals surface area contributed by atoms with E-state index < -0.39 is 6.04 Å².